The lowest BCUT2D eigenvalue weighted by atomic mass is 10.1. The maximum Gasteiger partial charge on any atom is 0.123 e. The summed E-state index contributed by atoms with van der Waals surface area (Å²) in [6, 6.07) is 14.6. The monoisotopic (exact) mass is 281 g/mol. The average Bonchev–Trinajstić information content (AvgIpc) is 3.02. The van der Waals surface area contributed by atoms with Crippen molar-refractivity contribution in [3.05, 3.63) is 78.6 Å². The van der Waals surface area contributed by atoms with Gasteiger partial charge in [-0.15, -0.1) is 0 Å². The van der Waals surface area contributed by atoms with Gasteiger partial charge in [0, 0.05) is 18.4 Å². The summed E-state index contributed by atoms with van der Waals surface area (Å²) in [5, 5.41) is 3.43. The molecule has 0 saturated carbocycles. The second kappa shape index (κ2) is 5.79. The number of hydrogen-bond acceptors (Lipinski definition) is 2. The molecule has 1 atom stereocenters. The van der Waals surface area contributed by atoms with Crippen molar-refractivity contribution in [3.63, 3.8) is 0 Å². The summed E-state index contributed by atoms with van der Waals surface area (Å²) in [5.41, 5.74) is 2.90. The molecule has 0 aliphatic carbocycles. The number of nitrogens with one attached hydrogen (secondary N) is 1. The first-order valence-electron chi connectivity index (χ1n) is 6.83. The largest absolute Gasteiger partial charge is 0.377 e. The van der Waals surface area contributed by atoms with Crippen molar-refractivity contribution in [1.29, 1.82) is 0 Å². The van der Waals surface area contributed by atoms with E-state index < -0.39 is 0 Å². The average molecular weight is 281 g/mol. The number of anilines is 1. The summed E-state index contributed by atoms with van der Waals surface area (Å²) in [5.74, 6) is -0.218. The van der Waals surface area contributed by atoms with Crippen molar-refractivity contribution >= 4 is 5.69 Å². The lowest BCUT2D eigenvalue weighted by Crippen LogP contribution is -2.09. The molecular formula is C17H16FN3. The highest BCUT2D eigenvalue weighted by Crippen LogP contribution is 2.25. The third-order valence-corrected chi connectivity index (χ3v) is 3.41. The Balaban J connectivity index is 1.88. The van der Waals surface area contributed by atoms with Crippen molar-refractivity contribution in [2.24, 2.45) is 0 Å². The van der Waals surface area contributed by atoms with Crippen molar-refractivity contribution in [3.8, 4) is 5.69 Å². The van der Waals surface area contributed by atoms with Crippen LogP contribution in [0, 0.1) is 5.82 Å². The highest BCUT2D eigenvalue weighted by molar-refractivity contribution is 5.61. The van der Waals surface area contributed by atoms with E-state index in [1.165, 1.54) is 6.07 Å². The van der Waals surface area contributed by atoms with Crippen LogP contribution >= 0.6 is 0 Å². The first-order valence-corrected chi connectivity index (χ1v) is 6.83. The molecule has 1 N–H and O–H groups in total. The van der Waals surface area contributed by atoms with Crippen molar-refractivity contribution in [2.45, 2.75) is 13.0 Å². The predicted octanol–water partition coefficient (Wildman–Crippen LogP) is 4.18. The van der Waals surface area contributed by atoms with E-state index in [-0.39, 0.29) is 11.9 Å². The third-order valence-electron chi connectivity index (χ3n) is 3.41. The fourth-order valence-corrected chi connectivity index (χ4v) is 2.31. The minimum Gasteiger partial charge on any atom is -0.377 e. The Hall–Kier alpha value is -2.62. The zero-order chi connectivity index (χ0) is 14.7. The molecule has 1 unspecified atom stereocenters. The first-order chi connectivity index (χ1) is 10.2. The van der Waals surface area contributed by atoms with Gasteiger partial charge < -0.3 is 9.88 Å². The molecule has 0 radical (unpaired) electrons. The summed E-state index contributed by atoms with van der Waals surface area (Å²) in [6.45, 7) is 2.01. The third kappa shape index (κ3) is 2.94. The van der Waals surface area contributed by atoms with Gasteiger partial charge in [-0.2, -0.15) is 0 Å². The lowest BCUT2D eigenvalue weighted by Gasteiger charge is -2.18. The van der Waals surface area contributed by atoms with Gasteiger partial charge in [0.05, 0.1) is 17.7 Å². The van der Waals surface area contributed by atoms with Gasteiger partial charge in [-0.25, -0.2) is 9.37 Å². The minimum atomic E-state index is -0.218. The van der Waals surface area contributed by atoms with E-state index >= 15 is 0 Å². The molecule has 21 heavy (non-hydrogen) atoms. The maximum absolute atomic E-state index is 13.3. The van der Waals surface area contributed by atoms with Crippen molar-refractivity contribution in [1.82, 2.24) is 9.55 Å². The van der Waals surface area contributed by atoms with E-state index in [1.54, 1.807) is 24.7 Å². The molecule has 0 aliphatic heterocycles. The van der Waals surface area contributed by atoms with Gasteiger partial charge in [-0.3, -0.25) is 0 Å². The predicted molar refractivity (Wildman–Crippen MR) is 82.0 cm³/mol. The van der Waals surface area contributed by atoms with Gasteiger partial charge >= 0.3 is 0 Å². The summed E-state index contributed by atoms with van der Waals surface area (Å²) >= 11 is 0. The first kappa shape index (κ1) is 13.4. The molecule has 0 spiro atoms. The minimum absolute atomic E-state index is 0.00497. The number of para-hydroxylation sites is 2. The molecule has 0 amide bonds. The zero-order valence-corrected chi connectivity index (χ0v) is 11.7. The molecule has 1 aromatic heterocycles. The Kier molecular flexibility index (Phi) is 3.69. The summed E-state index contributed by atoms with van der Waals surface area (Å²) in [6.07, 6.45) is 5.40. The number of halogens is 1. The molecule has 0 saturated heterocycles. The van der Waals surface area contributed by atoms with Crippen molar-refractivity contribution in [2.75, 3.05) is 5.32 Å². The molecule has 3 rings (SSSR count). The molecule has 1 heterocycles. The normalized spacial score (nSPS) is 12.1. The molecule has 0 bridgehead atoms. The fourth-order valence-electron chi connectivity index (χ4n) is 2.31. The lowest BCUT2D eigenvalue weighted by molar-refractivity contribution is 0.623. The van der Waals surface area contributed by atoms with Gasteiger partial charge in [-0.1, -0.05) is 24.3 Å². The number of imidazole rings is 1. The van der Waals surface area contributed by atoms with Crippen LogP contribution in [0.15, 0.2) is 67.3 Å². The van der Waals surface area contributed by atoms with E-state index in [0.717, 1.165) is 16.9 Å². The number of nitrogens with zero attached hydrogens (tertiary/aromatic N) is 2. The Morgan fingerprint density at radius 3 is 2.76 bits per heavy atom. The van der Waals surface area contributed by atoms with Crippen LogP contribution < -0.4 is 5.32 Å². The molecule has 2 aromatic carbocycles. The van der Waals surface area contributed by atoms with E-state index in [2.05, 4.69) is 10.3 Å². The van der Waals surface area contributed by atoms with E-state index in [0.29, 0.717) is 0 Å². The van der Waals surface area contributed by atoms with Gasteiger partial charge in [0.2, 0.25) is 0 Å². The van der Waals surface area contributed by atoms with Crippen LogP contribution in [0.2, 0.25) is 0 Å². The second-order valence-electron chi connectivity index (χ2n) is 4.91. The maximum atomic E-state index is 13.3. The van der Waals surface area contributed by atoms with Gasteiger partial charge in [-0.05, 0) is 36.8 Å². The highest BCUT2D eigenvalue weighted by atomic mass is 19.1. The van der Waals surface area contributed by atoms with E-state index in [1.807, 2.05) is 48.0 Å². The Labute approximate surface area is 123 Å². The molecule has 3 nitrogen and oxygen atoms in total. The number of hydrogen-bond donors (Lipinski definition) is 1. The van der Waals surface area contributed by atoms with Crippen LogP contribution in [0.4, 0.5) is 10.1 Å². The molecule has 106 valence electrons. The van der Waals surface area contributed by atoms with Crippen LogP contribution in [-0.4, -0.2) is 9.55 Å². The molecule has 4 heteroatoms. The number of benzene rings is 2. The SMILES string of the molecule is CC(Nc1ccccc1-n1ccnc1)c1cccc(F)c1. The molecule has 0 aliphatic rings. The summed E-state index contributed by atoms with van der Waals surface area (Å²) in [7, 11) is 0. The van der Waals surface area contributed by atoms with Gasteiger partial charge in [0.25, 0.3) is 0 Å². The summed E-state index contributed by atoms with van der Waals surface area (Å²) in [4.78, 5) is 4.07. The smallest absolute Gasteiger partial charge is 0.123 e. The second-order valence-corrected chi connectivity index (χ2v) is 4.91. The van der Waals surface area contributed by atoms with E-state index in [9.17, 15) is 4.39 Å². The van der Waals surface area contributed by atoms with Gasteiger partial charge in [0.15, 0.2) is 0 Å². The zero-order valence-electron chi connectivity index (χ0n) is 11.7. The van der Waals surface area contributed by atoms with Crippen molar-refractivity contribution < 1.29 is 4.39 Å². The molecule has 0 fully saturated rings. The van der Waals surface area contributed by atoms with Crippen LogP contribution in [-0.2, 0) is 0 Å². The quantitative estimate of drug-likeness (QED) is 0.777. The summed E-state index contributed by atoms with van der Waals surface area (Å²) < 4.78 is 15.3. The highest BCUT2D eigenvalue weighted by Gasteiger charge is 2.09. The van der Waals surface area contributed by atoms with E-state index in [4.69, 9.17) is 0 Å². The number of rotatable bonds is 4. The Morgan fingerprint density at radius 2 is 2.00 bits per heavy atom. The molecular weight excluding hydrogens is 265 g/mol. The fraction of sp³-hybridized carbons (Fsp3) is 0.118. The number of aromatic nitrogens is 2. The van der Waals surface area contributed by atoms with Crippen LogP contribution in [0.5, 0.6) is 0 Å². The van der Waals surface area contributed by atoms with Gasteiger partial charge in [0.1, 0.15) is 5.82 Å². The van der Waals surface area contributed by atoms with Crippen LogP contribution in [0.3, 0.4) is 0 Å². The topological polar surface area (TPSA) is 29.9 Å². The molecule has 3 aromatic rings. The standard InChI is InChI=1S/C17H16FN3/c1-13(14-5-4-6-15(18)11-14)20-16-7-2-3-8-17(16)21-10-9-19-12-21/h2-13,20H,1H3. The van der Waals surface area contributed by atoms with Crippen LogP contribution in [0.25, 0.3) is 5.69 Å². The Morgan fingerprint density at radius 1 is 1.14 bits per heavy atom. The van der Waals surface area contributed by atoms with Crippen LogP contribution in [0.1, 0.15) is 18.5 Å². The Bertz CT molecular complexity index is 722.